The molecule has 3 rings (SSSR count). The quantitative estimate of drug-likeness (QED) is 0.908. The first-order valence-electron chi connectivity index (χ1n) is 6.60. The topological polar surface area (TPSA) is 50.4 Å². The number of fused-ring (bicyclic) bond motifs is 1. The van der Waals surface area contributed by atoms with Crippen LogP contribution in [0.4, 0.5) is 4.79 Å². The molecule has 0 fully saturated rings. The largest absolute Gasteiger partial charge is 0.488 e. The molecular formula is C15H16N2O2S. The lowest BCUT2D eigenvalue weighted by atomic mass is 10.1. The molecule has 1 atom stereocenters. The first-order chi connectivity index (χ1) is 9.81. The van der Waals surface area contributed by atoms with Crippen LogP contribution in [0, 0.1) is 0 Å². The fourth-order valence-electron chi connectivity index (χ4n) is 2.22. The fourth-order valence-corrected chi connectivity index (χ4v) is 2.86. The lowest BCUT2D eigenvalue weighted by Crippen LogP contribution is -2.40. The van der Waals surface area contributed by atoms with E-state index in [1.807, 2.05) is 35.7 Å². The van der Waals surface area contributed by atoms with Crippen LogP contribution >= 0.6 is 11.3 Å². The van der Waals surface area contributed by atoms with E-state index in [0.717, 1.165) is 17.0 Å². The predicted molar refractivity (Wildman–Crippen MR) is 79.1 cm³/mol. The third-order valence-electron chi connectivity index (χ3n) is 3.21. The number of carbonyl (C=O) groups is 1. The molecule has 1 aromatic heterocycles. The van der Waals surface area contributed by atoms with E-state index in [2.05, 4.69) is 16.7 Å². The number of nitrogens with one attached hydrogen (secondary N) is 2. The van der Waals surface area contributed by atoms with Crippen molar-refractivity contribution in [3.8, 4) is 5.75 Å². The van der Waals surface area contributed by atoms with E-state index in [1.54, 1.807) is 11.3 Å². The Labute approximate surface area is 121 Å². The third kappa shape index (κ3) is 3.11. The number of urea groups is 1. The second-order valence-electron chi connectivity index (χ2n) is 4.69. The Morgan fingerprint density at radius 3 is 2.95 bits per heavy atom. The molecule has 1 aromatic carbocycles. The maximum atomic E-state index is 11.7. The summed E-state index contributed by atoms with van der Waals surface area (Å²) in [5.74, 6) is 0.929. The van der Waals surface area contributed by atoms with Gasteiger partial charge in [0, 0.05) is 11.3 Å². The van der Waals surface area contributed by atoms with Crippen molar-refractivity contribution in [2.45, 2.75) is 19.1 Å². The summed E-state index contributed by atoms with van der Waals surface area (Å²) in [4.78, 5) is 12.8. The summed E-state index contributed by atoms with van der Waals surface area (Å²) in [5, 5.41) is 7.68. The Kier molecular flexibility index (Phi) is 3.87. The standard InChI is InChI=1S/C15H16N2O2S/c18-15(17-10-13-5-3-7-20-13)16-9-12-8-11-4-1-2-6-14(11)19-12/h1-7,12H,8-10H2,(H2,16,17,18)/t12-/m0/s1. The van der Waals surface area contributed by atoms with Gasteiger partial charge in [-0.15, -0.1) is 11.3 Å². The lowest BCUT2D eigenvalue weighted by molar-refractivity contribution is 0.214. The van der Waals surface area contributed by atoms with E-state index in [1.165, 1.54) is 5.56 Å². The van der Waals surface area contributed by atoms with Gasteiger partial charge in [-0.25, -0.2) is 4.79 Å². The second-order valence-corrected chi connectivity index (χ2v) is 5.73. The van der Waals surface area contributed by atoms with Gasteiger partial charge in [0.2, 0.25) is 0 Å². The van der Waals surface area contributed by atoms with Crippen molar-refractivity contribution in [1.29, 1.82) is 0 Å². The number of hydrogen-bond donors (Lipinski definition) is 2. The van der Waals surface area contributed by atoms with E-state index in [9.17, 15) is 4.79 Å². The summed E-state index contributed by atoms with van der Waals surface area (Å²) >= 11 is 1.63. The molecule has 0 bridgehead atoms. The molecule has 2 N–H and O–H groups in total. The summed E-state index contributed by atoms with van der Waals surface area (Å²) in [5.41, 5.74) is 1.21. The number of para-hydroxylation sites is 1. The molecule has 0 aliphatic carbocycles. The highest BCUT2D eigenvalue weighted by Gasteiger charge is 2.22. The molecule has 1 aliphatic heterocycles. The third-order valence-corrected chi connectivity index (χ3v) is 4.08. The summed E-state index contributed by atoms with van der Waals surface area (Å²) in [7, 11) is 0. The molecule has 2 heterocycles. The Bertz CT molecular complexity index is 558. The monoisotopic (exact) mass is 288 g/mol. The minimum Gasteiger partial charge on any atom is -0.488 e. The average molecular weight is 288 g/mol. The van der Waals surface area contributed by atoms with E-state index >= 15 is 0 Å². The normalized spacial score (nSPS) is 16.3. The van der Waals surface area contributed by atoms with Crippen LogP contribution in [-0.2, 0) is 13.0 Å². The highest BCUT2D eigenvalue weighted by atomic mass is 32.1. The molecule has 20 heavy (non-hydrogen) atoms. The Morgan fingerprint density at radius 2 is 2.15 bits per heavy atom. The number of carbonyl (C=O) groups excluding carboxylic acids is 1. The zero-order valence-electron chi connectivity index (χ0n) is 11.0. The molecule has 0 radical (unpaired) electrons. The molecule has 1 aliphatic rings. The molecule has 0 unspecified atom stereocenters. The van der Waals surface area contributed by atoms with Gasteiger partial charge in [0.05, 0.1) is 13.1 Å². The molecule has 2 aromatic rings. The van der Waals surface area contributed by atoms with E-state index in [4.69, 9.17) is 4.74 Å². The maximum absolute atomic E-state index is 11.7. The molecular weight excluding hydrogens is 272 g/mol. The van der Waals surface area contributed by atoms with Crippen LogP contribution in [0.5, 0.6) is 5.75 Å². The highest BCUT2D eigenvalue weighted by molar-refractivity contribution is 7.09. The van der Waals surface area contributed by atoms with Gasteiger partial charge < -0.3 is 15.4 Å². The number of hydrogen-bond acceptors (Lipinski definition) is 3. The van der Waals surface area contributed by atoms with Crippen molar-refractivity contribution < 1.29 is 9.53 Å². The van der Waals surface area contributed by atoms with Crippen molar-refractivity contribution in [1.82, 2.24) is 10.6 Å². The van der Waals surface area contributed by atoms with Crippen molar-refractivity contribution in [3.05, 3.63) is 52.2 Å². The van der Waals surface area contributed by atoms with Crippen molar-refractivity contribution >= 4 is 17.4 Å². The van der Waals surface area contributed by atoms with Gasteiger partial charge in [0.15, 0.2) is 0 Å². The Hall–Kier alpha value is -2.01. The van der Waals surface area contributed by atoms with E-state index < -0.39 is 0 Å². The van der Waals surface area contributed by atoms with Gasteiger partial charge in [0.25, 0.3) is 0 Å². The van der Waals surface area contributed by atoms with E-state index in [0.29, 0.717) is 13.1 Å². The van der Waals surface area contributed by atoms with Crippen LogP contribution in [0.2, 0.25) is 0 Å². The van der Waals surface area contributed by atoms with E-state index in [-0.39, 0.29) is 12.1 Å². The first-order valence-corrected chi connectivity index (χ1v) is 7.48. The summed E-state index contributed by atoms with van der Waals surface area (Å²) in [6, 6.07) is 11.8. The van der Waals surface area contributed by atoms with Crippen LogP contribution in [-0.4, -0.2) is 18.7 Å². The van der Waals surface area contributed by atoms with Crippen LogP contribution in [0.3, 0.4) is 0 Å². The molecule has 5 heteroatoms. The van der Waals surface area contributed by atoms with Crippen LogP contribution < -0.4 is 15.4 Å². The minimum atomic E-state index is -0.155. The fraction of sp³-hybridized carbons (Fsp3) is 0.267. The van der Waals surface area contributed by atoms with Crippen LogP contribution in [0.1, 0.15) is 10.4 Å². The van der Waals surface area contributed by atoms with Gasteiger partial charge in [-0.05, 0) is 23.1 Å². The number of amides is 2. The smallest absolute Gasteiger partial charge is 0.315 e. The molecule has 4 nitrogen and oxygen atoms in total. The molecule has 0 spiro atoms. The molecule has 0 saturated heterocycles. The van der Waals surface area contributed by atoms with Crippen molar-refractivity contribution in [3.63, 3.8) is 0 Å². The van der Waals surface area contributed by atoms with Gasteiger partial charge in [-0.1, -0.05) is 24.3 Å². The molecule has 2 amide bonds. The zero-order chi connectivity index (χ0) is 13.8. The summed E-state index contributed by atoms with van der Waals surface area (Å²) in [6.07, 6.45) is 0.876. The van der Waals surface area contributed by atoms with Crippen molar-refractivity contribution in [2.75, 3.05) is 6.54 Å². The van der Waals surface area contributed by atoms with Gasteiger partial charge >= 0.3 is 6.03 Å². The second kappa shape index (κ2) is 5.96. The molecule has 0 saturated carbocycles. The maximum Gasteiger partial charge on any atom is 0.315 e. The summed E-state index contributed by atoms with van der Waals surface area (Å²) in [6.45, 7) is 1.08. The minimum absolute atomic E-state index is 0.0277. The number of rotatable bonds is 4. The van der Waals surface area contributed by atoms with Gasteiger partial charge in [-0.2, -0.15) is 0 Å². The summed E-state index contributed by atoms with van der Waals surface area (Å²) < 4.78 is 5.77. The number of benzene rings is 1. The number of ether oxygens (including phenoxy) is 1. The number of thiophene rings is 1. The Balaban J connectivity index is 1.41. The van der Waals surface area contributed by atoms with Gasteiger partial charge in [-0.3, -0.25) is 0 Å². The predicted octanol–water partition coefficient (Wildman–Crippen LogP) is 2.55. The SMILES string of the molecule is O=C(NCc1cccs1)NC[C@@H]1Cc2ccccc2O1. The average Bonchev–Trinajstić information content (AvgIpc) is 3.11. The first kappa shape index (κ1) is 13.0. The van der Waals surface area contributed by atoms with Crippen molar-refractivity contribution in [2.24, 2.45) is 0 Å². The lowest BCUT2D eigenvalue weighted by Gasteiger charge is -2.12. The van der Waals surface area contributed by atoms with Gasteiger partial charge in [0.1, 0.15) is 11.9 Å². The highest BCUT2D eigenvalue weighted by Crippen LogP contribution is 2.27. The Morgan fingerprint density at radius 1 is 1.25 bits per heavy atom. The van der Waals surface area contributed by atoms with Crippen LogP contribution in [0.25, 0.3) is 0 Å². The zero-order valence-corrected chi connectivity index (χ0v) is 11.8. The molecule has 104 valence electrons. The van der Waals surface area contributed by atoms with Crippen LogP contribution in [0.15, 0.2) is 41.8 Å².